The summed E-state index contributed by atoms with van der Waals surface area (Å²) in [5, 5.41) is 5.74. The molecule has 0 aliphatic heterocycles. The van der Waals surface area contributed by atoms with E-state index in [4.69, 9.17) is 0 Å². The van der Waals surface area contributed by atoms with Crippen LogP contribution in [0.5, 0.6) is 0 Å². The molecule has 0 fully saturated rings. The standard InChI is InChI=1S/C22H20N2O2/c25-21(23-15-17-8-3-1-4-9-17)19-12-7-13-20(14-19)22(26)24-16-18-10-5-2-6-11-18/h1-14H,15-16H2,(H,23,25)(H,24,26). The molecule has 0 bridgehead atoms. The normalized spacial score (nSPS) is 10.2. The average molecular weight is 344 g/mol. The van der Waals surface area contributed by atoms with Gasteiger partial charge in [0.15, 0.2) is 0 Å². The molecule has 0 aliphatic carbocycles. The molecule has 4 heteroatoms. The molecule has 3 aromatic rings. The summed E-state index contributed by atoms with van der Waals surface area (Å²) in [6, 6.07) is 26.1. The molecule has 3 aromatic carbocycles. The van der Waals surface area contributed by atoms with Gasteiger partial charge in [0.25, 0.3) is 11.8 Å². The van der Waals surface area contributed by atoms with Gasteiger partial charge >= 0.3 is 0 Å². The number of carbonyl (C=O) groups is 2. The Kier molecular flexibility index (Phi) is 5.78. The van der Waals surface area contributed by atoms with E-state index in [2.05, 4.69) is 10.6 Å². The fraction of sp³-hybridized carbons (Fsp3) is 0.0909. The van der Waals surface area contributed by atoms with Gasteiger partial charge in [0, 0.05) is 24.2 Å². The lowest BCUT2D eigenvalue weighted by atomic mass is 10.1. The molecule has 4 nitrogen and oxygen atoms in total. The molecular formula is C22H20N2O2. The van der Waals surface area contributed by atoms with Gasteiger partial charge in [0.1, 0.15) is 0 Å². The maximum Gasteiger partial charge on any atom is 0.251 e. The van der Waals surface area contributed by atoms with E-state index in [0.29, 0.717) is 24.2 Å². The van der Waals surface area contributed by atoms with Gasteiger partial charge in [-0.25, -0.2) is 0 Å². The Balaban J connectivity index is 1.60. The van der Waals surface area contributed by atoms with Crippen LogP contribution in [0.2, 0.25) is 0 Å². The lowest BCUT2D eigenvalue weighted by molar-refractivity contribution is 0.0950. The quantitative estimate of drug-likeness (QED) is 0.718. The van der Waals surface area contributed by atoms with Crippen molar-refractivity contribution >= 4 is 11.8 Å². The molecule has 0 heterocycles. The predicted octanol–water partition coefficient (Wildman–Crippen LogP) is 3.55. The summed E-state index contributed by atoms with van der Waals surface area (Å²) < 4.78 is 0. The summed E-state index contributed by atoms with van der Waals surface area (Å²) in [5.41, 5.74) is 2.98. The molecule has 2 N–H and O–H groups in total. The minimum Gasteiger partial charge on any atom is -0.348 e. The van der Waals surface area contributed by atoms with Gasteiger partial charge in [-0.2, -0.15) is 0 Å². The van der Waals surface area contributed by atoms with Crippen LogP contribution in [-0.2, 0) is 13.1 Å². The third-order valence-corrected chi connectivity index (χ3v) is 3.98. The number of hydrogen-bond acceptors (Lipinski definition) is 2. The number of nitrogens with one attached hydrogen (secondary N) is 2. The Morgan fingerprint density at radius 1 is 0.577 bits per heavy atom. The van der Waals surface area contributed by atoms with Crippen LogP contribution in [0.4, 0.5) is 0 Å². The summed E-state index contributed by atoms with van der Waals surface area (Å²) in [5.74, 6) is -0.405. The van der Waals surface area contributed by atoms with Crippen molar-refractivity contribution in [1.29, 1.82) is 0 Å². The molecule has 0 spiro atoms. The Morgan fingerprint density at radius 2 is 1.00 bits per heavy atom. The number of hydrogen-bond donors (Lipinski definition) is 2. The zero-order chi connectivity index (χ0) is 18.2. The van der Waals surface area contributed by atoms with Gasteiger partial charge < -0.3 is 10.6 Å². The summed E-state index contributed by atoms with van der Waals surface area (Å²) >= 11 is 0. The molecule has 2 amide bonds. The second-order valence-corrected chi connectivity index (χ2v) is 5.92. The molecule has 0 radical (unpaired) electrons. The summed E-state index contributed by atoms with van der Waals surface area (Å²) in [6.45, 7) is 0.897. The Hall–Kier alpha value is -3.40. The smallest absolute Gasteiger partial charge is 0.251 e. The van der Waals surface area contributed by atoms with Crippen LogP contribution in [0.3, 0.4) is 0 Å². The first-order valence-corrected chi connectivity index (χ1v) is 8.47. The fourth-order valence-corrected chi connectivity index (χ4v) is 2.56. The maximum atomic E-state index is 12.3. The van der Waals surface area contributed by atoms with E-state index >= 15 is 0 Å². The van der Waals surface area contributed by atoms with Crippen molar-refractivity contribution in [3.8, 4) is 0 Å². The predicted molar refractivity (Wildman–Crippen MR) is 102 cm³/mol. The molecule has 130 valence electrons. The highest BCUT2D eigenvalue weighted by Crippen LogP contribution is 2.07. The van der Waals surface area contributed by atoms with Crippen molar-refractivity contribution in [2.24, 2.45) is 0 Å². The lowest BCUT2D eigenvalue weighted by Gasteiger charge is -2.08. The average Bonchev–Trinajstić information content (AvgIpc) is 2.72. The van der Waals surface area contributed by atoms with Crippen molar-refractivity contribution < 1.29 is 9.59 Å². The van der Waals surface area contributed by atoms with Crippen molar-refractivity contribution in [1.82, 2.24) is 10.6 Å². The van der Waals surface area contributed by atoms with Crippen LogP contribution in [0.15, 0.2) is 84.9 Å². The van der Waals surface area contributed by atoms with Crippen LogP contribution < -0.4 is 10.6 Å². The monoisotopic (exact) mass is 344 g/mol. The van der Waals surface area contributed by atoms with Gasteiger partial charge in [0.2, 0.25) is 0 Å². The third kappa shape index (κ3) is 4.80. The van der Waals surface area contributed by atoms with Crippen LogP contribution in [-0.4, -0.2) is 11.8 Å². The van der Waals surface area contributed by atoms with Crippen molar-refractivity contribution in [3.63, 3.8) is 0 Å². The van der Waals surface area contributed by atoms with Gasteiger partial charge in [-0.05, 0) is 29.3 Å². The van der Waals surface area contributed by atoms with E-state index < -0.39 is 0 Å². The maximum absolute atomic E-state index is 12.3. The number of carbonyl (C=O) groups excluding carboxylic acids is 2. The summed E-state index contributed by atoms with van der Waals surface area (Å²) in [6.07, 6.45) is 0. The number of benzene rings is 3. The fourth-order valence-electron chi connectivity index (χ4n) is 2.56. The van der Waals surface area contributed by atoms with E-state index in [9.17, 15) is 9.59 Å². The van der Waals surface area contributed by atoms with Gasteiger partial charge in [-0.1, -0.05) is 66.7 Å². The Labute approximate surface area is 152 Å². The highest BCUT2D eigenvalue weighted by molar-refractivity contribution is 5.99. The summed E-state index contributed by atoms with van der Waals surface area (Å²) in [4.78, 5) is 24.7. The molecule has 0 aromatic heterocycles. The first-order valence-electron chi connectivity index (χ1n) is 8.47. The Bertz CT molecular complexity index is 806. The van der Waals surface area contributed by atoms with E-state index in [-0.39, 0.29) is 11.8 Å². The molecular weight excluding hydrogens is 324 g/mol. The minimum absolute atomic E-state index is 0.202. The van der Waals surface area contributed by atoms with Crippen LogP contribution in [0.1, 0.15) is 31.8 Å². The molecule has 0 saturated heterocycles. The SMILES string of the molecule is O=C(NCc1ccccc1)c1cccc(C(=O)NCc2ccccc2)c1. The van der Waals surface area contributed by atoms with E-state index in [1.54, 1.807) is 24.3 Å². The molecule has 0 saturated carbocycles. The van der Waals surface area contributed by atoms with Crippen molar-refractivity contribution in [3.05, 3.63) is 107 Å². The molecule has 0 atom stereocenters. The van der Waals surface area contributed by atoms with Crippen LogP contribution in [0.25, 0.3) is 0 Å². The van der Waals surface area contributed by atoms with E-state index in [0.717, 1.165) is 11.1 Å². The second-order valence-electron chi connectivity index (χ2n) is 5.92. The highest BCUT2D eigenvalue weighted by atomic mass is 16.2. The largest absolute Gasteiger partial charge is 0.348 e. The molecule has 3 rings (SSSR count). The van der Waals surface area contributed by atoms with Crippen LogP contribution in [0, 0.1) is 0 Å². The van der Waals surface area contributed by atoms with Crippen LogP contribution >= 0.6 is 0 Å². The highest BCUT2D eigenvalue weighted by Gasteiger charge is 2.10. The number of rotatable bonds is 6. The minimum atomic E-state index is -0.202. The van der Waals surface area contributed by atoms with Gasteiger partial charge in [-0.3, -0.25) is 9.59 Å². The first-order chi connectivity index (χ1) is 12.7. The first kappa shape index (κ1) is 17.4. The van der Waals surface area contributed by atoms with E-state index in [1.165, 1.54) is 0 Å². The zero-order valence-electron chi connectivity index (χ0n) is 14.3. The Morgan fingerprint density at radius 3 is 1.42 bits per heavy atom. The number of amides is 2. The third-order valence-electron chi connectivity index (χ3n) is 3.98. The second kappa shape index (κ2) is 8.62. The van der Waals surface area contributed by atoms with Crippen molar-refractivity contribution in [2.45, 2.75) is 13.1 Å². The zero-order valence-corrected chi connectivity index (χ0v) is 14.3. The topological polar surface area (TPSA) is 58.2 Å². The van der Waals surface area contributed by atoms with E-state index in [1.807, 2.05) is 60.7 Å². The molecule has 0 aliphatic rings. The van der Waals surface area contributed by atoms with Gasteiger partial charge in [0.05, 0.1) is 0 Å². The van der Waals surface area contributed by atoms with Crippen molar-refractivity contribution in [2.75, 3.05) is 0 Å². The summed E-state index contributed by atoms with van der Waals surface area (Å²) in [7, 11) is 0. The molecule has 0 unspecified atom stereocenters. The molecule has 26 heavy (non-hydrogen) atoms. The lowest BCUT2D eigenvalue weighted by Crippen LogP contribution is -2.25. The van der Waals surface area contributed by atoms with Gasteiger partial charge in [-0.15, -0.1) is 0 Å².